The molecular formula is C16H13ClN2OS. The molecule has 5 heteroatoms. The number of nitrogens with zero attached hydrogens (tertiary/aromatic N) is 2. The van der Waals surface area contributed by atoms with Crippen molar-refractivity contribution in [1.82, 2.24) is 4.98 Å². The summed E-state index contributed by atoms with van der Waals surface area (Å²) < 4.78 is 0. The Morgan fingerprint density at radius 1 is 1.57 bits per heavy atom. The molecule has 0 saturated heterocycles. The van der Waals surface area contributed by atoms with Crippen LogP contribution < -0.4 is 0 Å². The number of hydrogen-bond acceptors (Lipinski definition) is 4. The molecule has 1 heterocycles. The van der Waals surface area contributed by atoms with Crippen LogP contribution in [0, 0.1) is 24.2 Å². The van der Waals surface area contributed by atoms with Crippen LogP contribution in [0.5, 0.6) is 0 Å². The van der Waals surface area contributed by atoms with E-state index in [4.69, 9.17) is 11.6 Å². The first-order valence-corrected chi connectivity index (χ1v) is 7.96. The molecule has 3 rings (SSSR count). The highest BCUT2D eigenvalue weighted by Crippen LogP contribution is 2.50. The summed E-state index contributed by atoms with van der Waals surface area (Å²) in [6, 6.07) is 9.70. The Labute approximate surface area is 132 Å². The molecule has 1 aliphatic carbocycles. The van der Waals surface area contributed by atoms with Gasteiger partial charge in [-0.3, -0.25) is 4.79 Å². The second-order valence-corrected chi connectivity index (χ2v) is 6.62. The van der Waals surface area contributed by atoms with E-state index in [2.05, 4.69) is 11.1 Å². The van der Waals surface area contributed by atoms with Gasteiger partial charge in [0.2, 0.25) is 0 Å². The van der Waals surface area contributed by atoms with Gasteiger partial charge in [0.25, 0.3) is 0 Å². The number of nitriles is 1. The first-order chi connectivity index (χ1) is 10.1. The van der Waals surface area contributed by atoms with Crippen LogP contribution in [0.3, 0.4) is 0 Å². The zero-order valence-corrected chi connectivity index (χ0v) is 13.0. The third-order valence-corrected chi connectivity index (χ3v) is 4.99. The van der Waals surface area contributed by atoms with Crippen LogP contribution in [-0.2, 0) is 4.79 Å². The molecule has 3 nitrogen and oxygen atoms in total. The lowest BCUT2D eigenvalue weighted by Gasteiger charge is -2.05. The van der Waals surface area contributed by atoms with E-state index in [9.17, 15) is 10.1 Å². The van der Waals surface area contributed by atoms with Gasteiger partial charge in [0.1, 0.15) is 5.01 Å². The number of aromatic nitrogens is 1. The van der Waals surface area contributed by atoms with Crippen LogP contribution in [0.2, 0.25) is 5.02 Å². The average Bonchev–Trinajstić information content (AvgIpc) is 3.16. The second-order valence-electron chi connectivity index (χ2n) is 5.30. The molecule has 0 amide bonds. The first kappa shape index (κ1) is 14.2. The summed E-state index contributed by atoms with van der Waals surface area (Å²) in [7, 11) is 0. The predicted molar refractivity (Wildman–Crippen MR) is 82.5 cm³/mol. The highest BCUT2D eigenvalue weighted by Gasteiger charge is 2.47. The molecule has 0 N–H and O–H groups in total. The van der Waals surface area contributed by atoms with Gasteiger partial charge in [-0.25, -0.2) is 4.98 Å². The number of rotatable bonds is 4. The number of hydrogen-bond donors (Lipinski definition) is 0. The minimum Gasteiger partial charge on any atom is -0.297 e. The number of carbonyl (C=O) groups is 1. The average molecular weight is 317 g/mol. The summed E-state index contributed by atoms with van der Waals surface area (Å²) in [6.45, 7) is 1.87. The van der Waals surface area contributed by atoms with Crippen molar-refractivity contribution in [2.24, 2.45) is 5.92 Å². The quantitative estimate of drug-likeness (QED) is 0.853. The number of ketones is 1. The summed E-state index contributed by atoms with van der Waals surface area (Å²) in [5.41, 5.74) is 1.93. The van der Waals surface area contributed by atoms with Gasteiger partial charge >= 0.3 is 0 Å². The van der Waals surface area contributed by atoms with E-state index in [0.29, 0.717) is 10.0 Å². The molecule has 1 saturated carbocycles. The third kappa shape index (κ3) is 2.85. The van der Waals surface area contributed by atoms with Crippen molar-refractivity contribution in [3.8, 4) is 6.07 Å². The van der Waals surface area contributed by atoms with Crippen molar-refractivity contribution in [3.05, 3.63) is 50.9 Å². The number of carbonyl (C=O) groups excluding carboxylic acids is 1. The van der Waals surface area contributed by atoms with Crippen LogP contribution >= 0.6 is 22.9 Å². The summed E-state index contributed by atoms with van der Waals surface area (Å²) >= 11 is 7.37. The monoisotopic (exact) mass is 316 g/mol. The standard InChI is InChI=1S/C16H13ClN2OS/c1-9-8-21-16(19-9)14(7-18)15(20)13-6-12(13)10-3-2-4-11(17)5-10/h2-5,8,12-14H,6H2,1H3/t12-,13+,14-/m1/s1. The molecule has 0 aliphatic heterocycles. The van der Waals surface area contributed by atoms with Crippen LogP contribution in [0.1, 0.15) is 34.5 Å². The molecule has 1 fully saturated rings. The lowest BCUT2D eigenvalue weighted by Crippen LogP contribution is -2.13. The van der Waals surface area contributed by atoms with Gasteiger partial charge in [-0.2, -0.15) is 5.26 Å². The maximum absolute atomic E-state index is 12.5. The minimum absolute atomic E-state index is 0.0168. The van der Waals surface area contributed by atoms with Crippen molar-refractivity contribution in [1.29, 1.82) is 5.26 Å². The smallest absolute Gasteiger partial charge is 0.160 e. The zero-order valence-electron chi connectivity index (χ0n) is 11.4. The Hall–Kier alpha value is -1.70. The van der Waals surface area contributed by atoms with Crippen LogP contribution in [0.25, 0.3) is 0 Å². The van der Waals surface area contributed by atoms with Gasteiger partial charge in [0.15, 0.2) is 11.7 Å². The molecule has 21 heavy (non-hydrogen) atoms. The van der Waals surface area contributed by atoms with Crippen molar-refractivity contribution in [2.75, 3.05) is 0 Å². The molecule has 2 aromatic rings. The minimum atomic E-state index is -0.738. The van der Waals surface area contributed by atoms with Gasteiger partial charge in [-0.15, -0.1) is 11.3 Å². The zero-order chi connectivity index (χ0) is 15.0. The van der Waals surface area contributed by atoms with Crippen molar-refractivity contribution in [3.63, 3.8) is 0 Å². The molecule has 1 aromatic heterocycles. The fourth-order valence-electron chi connectivity index (χ4n) is 2.57. The maximum atomic E-state index is 12.5. The molecular weight excluding hydrogens is 304 g/mol. The number of Topliss-reactive ketones (excluding diaryl/α,β-unsaturated/α-hetero) is 1. The normalized spacial score (nSPS) is 21.6. The topological polar surface area (TPSA) is 53.8 Å². The van der Waals surface area contributed by atoms with Crippen molar-refractivity contribution in [2.45, 2.75) is 25.2 Å². The Kier molecular flexibility index (Phi) is 3.79. The van der Waals surface area contributed by atoms with Crippen LogP contribution in [-0.4, -0.2) is 10.8 Å². The van der Waals surface area contributed by atoms with E-state index in [1.165, 1.54) is 11.3 Å². The summed E-state index contributed by atoms with van der Waals surface area (Å²) in [5, 5.41) is 12.5. The number of benzene rings is 1. The third-order valence-electron chi connectivity index (χ3n) is 3.73. The second kappa shape index (κ2) is 5.59. The summed E-state index contributed by atoms with van der Waals surface area (Å²) in [6.07, 6.45) is 0.793. The molecule has 0 spiro atoms. The summed E-state index contributed by atoms with van der Waals surface area (Å²) in [5.74, 6) is -0.653. The molecule has 106 valence electrons. The molecule has 1 aliphatic rings. The number of aryl methyl sites for hydroxylation is 1. The molecule has 1 aromatic carbocycles. The fraction of sp³-hybridized carbons (Fsp3) is 0.312. The molecule has 0 unspecified atom stereocenters. The van der Waals surface area contributed by atoms with E-state index in [0.717, 1.165) is 17.7 Å². The summed E-state index contributed by atoms with van der Waals surface area (Å²) in [4.78, 5) is 16.8. The Morgan fingerprint density at radius 3 is 3.00 bits per heavy atom. The van der Waals surface area contributed by atoms with Crippen molar-refractivity contribution >= 4 is 28.7 Å². The largest absolute Gasteiger partial charge is 0.297 e. The SMILES string of the molecule is Cc1csc([C@H](C#N)C(=O)[C@H]2C[C@@H]2c2cccc(Cl)c2)n1. The Morgan fingerprint density at radius 2 is 2.38 bits per heavy atom. The Bertz CT molecular complexity index is 734. The highest BCUT2D eigenvalue weighted by atomic mass is 35.5. The van der Waals surface area contributed by atoms with E-state index in [1.54, 1.807) is 0 Å². The van der Waals surface area contributed by atoms with E-state index < -0.39 is 5.92 Å². The molecule has 0 radical (unpaired) electrons. The lowest BCUT2D eigenvalue weighted by atomic mass is 9.99. The van der Waals surface area contributed by atoms with E-state index in [1.807, 2.05) is 36.6 Å². The highest BCUT2D eigenvalue weighted by molar-refractivity contribution is 7.09. The van der Waals surface area contributed by atoms with Gasteiger partial charge in [0.05, 0.1) is 6.07 Å². The number of halogens is 1. The van der Waals surface area contributed by atoms with Crippen molar-refractivity contribution < 1.29 is 4.79 Å². The van der Waals surface area contributed by atoms with E-state index in [-0.39, 0.29) is 17.6 Å². The van der Waals surface area contributed by atoms with Gasteiger partial charge < -0.3 is 0 Å². The lowest BCUT2D eigenvalue weighted by molar-refractivity contribution is -0.120. The Balaban J connectivity index is 1.76. The van der Waals surface area contributed by atoms with Gasteiger partial charge in [0, 0.05) is 22.0 Å². The fourth-order valence-corrected chi connectivity index (χ4v) is 3.62. The van der Waals surface area contributed by atoms with Gasteiger partial charge in [-0.1, -0.05) is 23.7 Å². The molecule has 3 atom stereocenters. The van der Waals surface area contributed by atoms with Crippen LogP contribution in [0.15, 0.2) is 29.6 Å². The first-order valence-electron chi connectivity index (χ1n) is 6.71. The number of thiazole rings is 1. The molecule has 0 bridgehead atoms. The van der Waals surface area contributed by atoms with Gasteiger partial charge in [-0.05, 0) is 37.0 Å². The van der Waals surface area contributed by atoms with Crippen LogP contribution in [0.4, 0.5) is 0 Å². The maximum Gasteiger partial charge on any atom is 0.160 e. The van der Waals surface area contributed by atoms with E-state index >= 15 is 0 Å². The predicted octanol–water partition coefficient (Wildman–Crippen LogP) is 4.08.